The predicted molar refractivity (Wildman–Crippen MR) is 135 cm³/mol. The molecular formula is C25H36N6O6. The minimum Gasteiger partial charge on any atom is -0.508 e. The summed E-state index contributed by atoms with van der Waals surface area (Å²) in [6.45, 7) is 6.98. The molecule has 0 aliphatic carbocycles. The van der Waals surface area contributed by atoms with E-state index in [-0.39, 0.29) is 24.5 Å². The summed E-state index contributed by atoms with van der Waals surface area (Å²) in [6, 6.07) is 1.73. The van der Waals surface area contributed by atoms with Gasteiger partial charge in [-0.1, -0.05) is 39.8 Å². The van der Waals surface area contributed by atoms with Crippen molar-refractivity contribution in [1.29, 1.82) is 0 Å². The highest BCUT2D eigenvalue weighted by molar-refractivity contribution is 5.94. The third-order valence-corrected chi connectivity index (χ3v) is 5.87. The Balaban J connectivity index is 2.16. The third-order valence-electron chi connectivity index (χ3n) is 5.87. The number of nitrogens with two attached hydrogens (primary N) is 1. The Hall–Kier alpha value is -3.93. The lowest BCUT2D eigenvalue weighted by Crippen LogP contribution is -2.59. The number of aromatic amines is 1. The normalized spacial score (nSPS) is 14.5. The topological polar surface area (TPSA) is 200 Å². The molecule has 0 radical (unpaired) electrons. The highest BCUT2D eigenvalue weighted by Crippen LogP contribution is 2.12. The fourth-order valence-corrected chi connectivity index (χ4v) is 3.51. The number of carbonyl (C=O) groups is 4. The highest BCUT2D eigenvalue weighted by Gasteiger charge is 2.32. The van der Waals surface area contributed by atoms with Crippen molar-refractivity contribution in [3.63, 3.8) is 0 Å². The van der Waals surface area contributed by atoms with Gasteiger partial charge in [0.05, 0.1) is 12.4 Å². The molecule has 37 heavy (non-hydrogen) atoms. The first-order chi connectivity index (χ1) is 17.4. The van der Waals surface area contributed by atoms with Crippen LogP contribution >= 0.6 is 0 Å². The standard InChI is InChI=1S/C25H36N6O6/c1-13(2)20(26)23(34)29-18(10-16-11-27-12-28-16)22(33)31-21(14(3)4)24(35)30-19(25(36)37)9-15-5-7-17(32)8-6-15/h5-8,11-14,18-21,32H,9-10,26H2,1-4H3,(H,27,28)(H,29,34)(H,30,35)(H,31,33)(H,36,37). The van der Waals surface area contributed by atoms with Crippen molar-refractivity contribution >= 4 is 23.7 Å². The number of phenolic OH excluding ortho intramolecular Hbond substituents is 1. The van der Waals surface area contributed by atoms with Gasteiger partial charge >= 0.3 is 5.97 Å². The third kappa shape index (κ3) is 8.90. The van der Waals surface area contributed by atoms with Crippen LogP contribution in [0, 0.1) is 11.8 Å². The number of carboxylic acids is 1. The number of rotatable bonds is 13. The summed E-state index contributed by atoms with van der Waals surface area (Å²) >= 11 is 0. The Morgan fingerprint density at radius 3 is 2.03 bits per heavy atom. The van der Waals surface area contributed by atoms with E-state index in [9.17, 15) is 29.4 Å². The van der Waals surface area contributed by atoms with E-state index >= 15 is 0 Å². The molecule has 0 spiro atoms. The number of aliphatic carboxylic acids is 1. The lowest BCUT2D eigenvalue weighted by atomic mass is 10.00. The van der Waals surface area contributed by atoms with Crippen molar-refractivity contribution in [2.24, 2.45) is 17.6 Å². The fourth-order valence-electron chi connectivity index (χ4n) is 3.51. The molecule has 202 valence electrons. The second-order valence-electron chi connectivity index (χ2n) is 9.61. The van der Waals surface area contributed by atoms with Crippen LogP contribution in [0.15, 0.2) is 36.8 Å². The van der Waals surface area contributed by atoms with Gasteiger partial charge in [-0.25, -0.2) is 9.78 Å². The van der Waals surface area contributed by atoms with Gasteiger partial charge in [-0.3, -0.25) is 14.4 Å². The summed E-state index contributed by atoms with van der Waals surface area (Å²) in [5, 5.41) is 26.9. The van der Waals surface area contributed by atoms with E-state index in [1.807, 2.05) is 0 Å². The van der Waals surface area contributed by atoms with E-state index < -0.39 is 53.8 Å². The van der Waals surface area contributed by atoms with Gasteiger partial charge in [0.2, 0.25) is 17.7 Å². The van der Waals surface area contributed by atoms with E-state index in [2.05, 4.69) is 25.9 Å². The number of aromatic nitrogens is 2. The first-order valence-corrected chi connectivity index (χ1v) is 12.0. The van der Waals surface area contributed by atoms with Gasteiger partial charge in [0, 0.05) is 24.7 Å². The molecule has 3 amide bonds. The van der Waals surface area contributed by atoms with E-state index in [1.54, 1.807) is 39.8 Å². The molecule has 4 unspecified atom stereocenters. The number of benzene rings is 1. The van der Waals surface area contributed by atoms with Crippen molar-refractivity contribution in [1.82, 2.24) is 25.9 Å². The SMILES string of the molecule is CC(C)C(N)C(=O)NC(Cc1cnc[nH]1)C(=O)NC(C(=O)NC(Cc1ccc(O)cc1)C(=O)O)C(C)C. The van der Waals surface area contributed by atoms with Crippen LogP contribution in [0.4, 0.5) is 0 Å². The molecule has 4 atom stereocenters. The first-order valence-electron chi connectivity index (χ1n) is 12.0. The molecule has 12 heteroatoms. The number of phenols is 1. The molecule has 0 bridgehead atoms. The number of aromatic hydroxyl groups is 1. The molecular weight excluding hydrogens is 480 g/mol. The van der Waals surface area contributed by atoms with Gasteiger partial charge in [-0.15, -0.1) is 0 Å². The number of nitrogens with one attached hydrogen (secondary N) is 4. The number of amides is 3. The Kier molecular flexibility index (Phi) is 10.6. The van der Waals surface area contributed by atoms with E-state index in [4.69, 9.17) is 5.73 Å². The summed E-state index contributed by atoms with van der Waals surface area (Å²) in [4.78, 5) is 57.5. The van der Waals surface area contributed by atoms with Crippen LogP contribution in [0.3, 0.4) is 0 Å². The molecule has 0 saturated carbocycles. The Morgan fingerprint density at radius 2 is 1.51 bits per heavy atom. The number of imidazole rings is 1. The van der Waals surface area contributed by atoms with Crippen molar-refractivity contribution in [2.75, 3.05) is 0 Å². The second-order valence-corrected chi connectivity index (χ2v) is 9.61. The van der Waals surface area contributed by atoms with Crippen molar-refractivity contribution in [2.45, 2.75) is 64.7 Å². The Morgan fingerprint density at radius 1 is 0.892 bits per heavy atom. The number of carboxylic acid groups (broad SMARTS) is 1. The molecule has 2 rings (SSSR count). The minimum atomic E-state index is -1.26. The van der Waals surface area contributed by atoms with Crippen LogP contribution in [0.25, 0.3) is 0 Å². The van der Waals surface area contributed by atoms with E-state index in [1.165, 1.54) is 24.7 Å². The first kappa shape index (κ1) is 29.3. The average molecular weight is 517 g/mol. The zero-order valence-corrected chi connectivity index (χ0v) is 21.4. The molecule has 1 aromatic heterocycles. The molecule has 0 saturated heterocycles. The number of hydrogen-bond acceptors (Lipinski definition) is 7. The average Bonchev–Trinajstić information content (AvgIpc) is 3.34. The number of hydrogen-bond donors (Lipinski definition) is 7. The van der Waals surface area contributed by atoms with Gasteiger partial charge in [-0.2, -0.15) is 0 Å². The maximum absolute atomic E-state index is 13.2. The quantitative estimate of drug-likeness (QED) is 0.194. The highest BCUT2D eigenvalue weighted by atomic mass is 16.4. The fraction of sp³-hybridized carbons (Fsp3) is 0.480. The Bertz CT molecular complexity index is 1050. The smallest absolute Gasteiger partial charge is 0.326 e. The van der Waals surface area contributed by atoms with E-state index in [0.29, 0.717) is 11.3 Å². The Labute approximate surface area is 215 Å². The summed E-state index contributed by atoms with van der Waals surface area (Å²) in [7, 11) is 0. The maximum atomic E-state index is 13.2. The van der Waals surface area contributed by atoms with E-state index in [0.717, 1.165) is 0 Å². The van der Waals surface area contributed by atoms with Crippen LogP contribution in [0.1, 0.15) is 39.0 Å². The molecule has 1 heterocycles. The van der Waals surface area contributed by atoms with Crippen molar-refractivity contribution in [3.05, 3.63) is 48.0 Å². The summed E-state index contributed by atoms with van der Waals surface area (Å²) in [5.74, 6) is -3.59. The van der Waals surface area contributed by atoms with Gasteiger partial charge < -0.3 is 36.9 Å². The molecule has 0 aliphatic rings. The molecule has 1 aromatic carbocycles. The molecule has 8 N–H and O–H groups in total. The van der Waals surface area contributed by atoms with Crippen LogP contribution in [0.5, 0.6) is 5.75 Å². The maximum Gasteiger partial charge on any atom is 0.326 e. The minimum absolute atomic E-state index is 0.0221. The van der Waals surface area contributed by atoms with Crippen LogP contribution < -0.4 is 21.7 Å². The predicted octanol–water partition coefficient (Wildman–Crippen LogP) is 0.0788. The zero-order chi connectivity index (χ0) is 27.7. The van der Waals surface area contributed by atoms with Gasteiger partial charge in [0.15, 0.2) is 0 Å². The van der Waals surface area contributed by atoms with Crippen molar-refractivity contribution in [3.8, 4) is 5.75 Å². The molecule has 0 fully saturated rings. The van der Waals surface area contributed by atoms with Gasteiger partial charge in [-0.05, 0) is 29.5 Å². The molecule has 0 aliphatic heterocycles. The number of H-pyrrole nitrogens is 1. The summed E-state index contributed by atoms with van der Waals surface area (Å²) in [5.41, 5.74) is 7.12. The summed E-state index contributed by atoms with van der Waals surface area (Å²) in [6.07, 6.45) is 3.01. The lowest BCUT2D eigenvalue weighted by Gasteiger charge is -2.27. The molecule has 2 aromatic rings. The van der Waals surface area contributed by atoms with Crippen molar-refractivity contribution < 1.29 is 29.4 Å². The second kappa shape index (κ2) is 13.4. The molecule has 12 nitrogen and oxygen atoms in total. The van der Waals surface area contributed by atoms with Gasteiger partial charge in [0.1, 0.15) is 23.9 Å². The lowest BCUT2D eigenvalue weighted by molar-refractivity contribution is -0.142. The zero-order valence-electron chi connectivity index (χ0n) is 21.4. The monoisotopic (exact) mass is 516 g/mol. The number of nitrogens with zero attached hydrogens (tertiary/aromatic N) is 1. The number of carbonyl (C=O) groups excluding carboxylic acids is 3. The van der Waals surface area contributed by atoms with Crippen LogP contribution in [-0.4, -0.2) is 68.0 Å². The van der Waals surface area contributed by atoms with Gasteiger partial charge in [0.25, 0.3) is 0 Å². The summed E-state index contributed by atoms with van der Waals surface area (Å²) < 4.78 is 0. The van der Waals surface area contributed by atoms with Crippen LogP contribution in [-0.2, 0) is 32.0 Å². The van der Waals surface area contributed by atoms with Crippen LogP contribution in [0.2, 0.25) is 0 Å². The largest absolute Gasteiger partial charge is 0.508 e.